The molecule has 2 rings (SSSR count). The number of hydrogen-bond donors (Lipinski definition) is 2. The Hall–Kier alpha value is -2.34. The number of para-hydroxylation sites is 1. The molecule has 2 aromatic rings. The first-order valence-corrected chi connectivity index (χ1v) is 9.05. The molecule has 0 aliphatic rings. The predicted molar refractivity (Wildman–Crippen MR) is 105 cm³/mol. The molecule has 0 fully saturated rings. The van der Waals surface area contributed by atoms with E-state index in [1.54, 1.807) is 18.2 Å². The average molecular weight is 419 g/mol. The van der Waals surface area contributed by atoms with Crippen molar-refractivity contribution < 1.29 is 14.3 Å². The van der Waals surface area contributed by atoms with Gasteiger partial charge in [0.05, 0.1) is 0 Å². The van der Waals surface area contributed by atoms with Crippen LogP contribution < -0.4 is 15.6 Å². The van der Waals surface area contributed by atoms with Gasteiger partial charge in [-0.05, 0) is 41.7 Å². The molecule has 0 spiro atoms. The van der Waals surface area contributed by atoms with E-state index in [4.69, 9.17) is 4.74 Å². The molecule has 0 unspecified atom stereocenters. The van der Waals surface area contributed by atoms with E-state index in [1.165, 1.54) is 0 Å². The van der Waals surface area contributed by atoms with Gasteiger partial charge < -0.3 is 4.74 Å². The smallest absolute Gasteiger partial charge is 0.276 e. The van der Waals surface area contributed by atoms with Crippen molar-refractivity contribution in [2.75, 3.05) is 6.61 Å². The highest BCUT2D eigenvalue weighted by molar-refractivity contribution is 9.10. The van der Waals surface area contributed by atoms with E-state index in [0.717, 1.165) is 15.6 Å². The van der Waals surface area contributed by atoms with Crippen LogP contribution >= 0.6 is 15.9 Å². The van der Waals surface area contributed by atoms with E-state index < -0.39 is 11.8 Å². The van der Waals surface area contributed by atoms with Gasteiger partial charge in [-0.1, -0.05) is 61.0 Å². The Balaban J connectivity index is 1.89. The van der Waals surface area contributed by atoms with Crippen LogP contribution in [0.25, 0.3) is 0 Å². The molecule has 2 amide bonds. The molecule has 2 N–H and O–H groups in total. The van der Waals surface area contributed by atoms with Gasteiger partial charge in [0.25, 0.3) is 11.8 Å². The number of benzene rings is 2. The summed E-state index contributed by atoms with van der Waals surface area (Å²) in [5.74, 6) is -0.196. The number of hydrazine groups is 1. The van der Waals surface area contributed by atoms with Crippen LogP contribution in [-0.4, -0.2) is 18.4 Å². The number of ether oxygens (including phenoxy) is 1. The fraction of sp³-hybridized carbons (Fsp3) is 0.300. The van der Waals surface area contributed by atoms with Crippen LogP contribution in [0.15, 0.2) is 46.9 Å². The summed E-state index contributed by atoms with van der Waals surface area (Å²) in [4.78, 5) is 24.1. The lowest BCUT2D eigenvalue weighted by Crippen LogP contribution is -2.43. The number of nitrogens with one attached hydrogen (secondary N) is 2. The Kier molecular flexibility index (Phi) is 6.42. The molecule has 0 saturated heterocycles. The SMILES string of the molecule is Cc1ccccc1OCC(=O)NNC(=O)c1ccc(C(C)(C)C)c(Br)c1. The van der Waals surface area contributed by atoms with Crippen LogP contribution in [-0.2, 0) is 10.2 Å². The van der Waals surface area contributed by atoms with Crippen LogP contribution in [0.1, 0.15) is 42.3 Å². The third kappa shape index (κ3) is 5.33. The average Bonchev–Trinajstić information content (AvgIpc) is 2.57. The quantitative estimate of drug-likeness (QED) is 0.739. The third-order valence-corrected chi connectivity index (χ3v) is 4.46. The molecule has 6 heteroatoms. The summed E-state index contributed by atoms with van der Waals surface area (Å²) in [7, 11) is 0. The number of rotatable bonds is 4. The Morgan fingerprint density at radius 1 is 1.08 bits per heavy atom. The van der Waals surface area contributed by atoms with Gasteiger partial charge in [0.2, 0.25) is 0 Å². The Morgan fingerprint density at radius 2 is 1.77 bits per heavy atom. The maximum Gasteiger partial charge on any atom is 0.276 e. The summed E-state index contributed by atoms with van der Waals surface area (Å²) >= 11 is 3.50. The molecule has 0 aliphatic heterocycles. The molecule has 138 valence electrons. The zero-order valence-electron chi connectivity index (χ0n) is 15.4. The zero-order valence-corrected chi connectivity index (χ0v) is 16.9. The summed E-state index contributed by atoms with van der Waals surface area (Å²) in [5, 5.41) is 0. The number of hydrogen-bond acceptors (Lipinski definition) is 3. The molecule has 5 nitrogen and oxygen atoms in total. The van der Waals surface area contributed by atoms with Crippen molar-refractivity contribution in [3.05, 3.63) is 63.6 Å². The highest BCUT2D eigenvalue weighted by atomic mass is 79.9. The normalized spacial score (nSPS) is 11.0. The molecule has 26 heavy (non-hydrogen) atoms. The molecular formula is C20H23BrN2O3. The molecule has 0 heterocycles. The van der Waals surface area contributed by atoms with Gasteiger partial charge in [-0.25, -0.2) is 0 Å². The Labute approximate surface area is 162 Å². The van der Waals surface area contributed by atoms with Crippen molar-refractivity contribution in [2.24, 2.45) is 0 Å². The van der Waals surface area contributed by atoms with Crippen LogP contribution in [0.5, 0.6) is 5.75 Å². The maximum atomic E-state index is 12.2. The van der Waals surface area contributed by atoms with E-state index >= 15 is 0 Å². The monoisotopic (exact) mass is 418 g/mol. The standard InChI is InChI=1S/C20H23BrN2O3/c1-13-7-5-6-8-17(13)26-12-18(24)22-23-19(25)14-9-10-15(16(21)11-14)20(2,3)4/h5-11H,12H2,1-4H3,(H,22,24)(H,23,25). The molecule has 0 atom stereocenters. The van der Waals surface area contributed by atoms with Crippen molar-refractivity contribution in [3.63, 3.8) is 0 Å². The second-order valence-electron chi connectivity index (χ2n) is 7.00. The second kappa shape index (κ2) is 8.36. The highest BCUT2D eigenvalue weighted by Gasteiger charge is 2.18. The van der Waals surface area contributed by atoms with Gasteiger partial charge in [-0.2, -0.15) is 0 Å². The molecule has 0 radical (unpaired) electrons. The van der Waals surface area contributed by atoms with Gasteiger partial charge in [-0.15, -0.1) is 0 Å². The summed E-state index contributed by atoms with van der Waals surface area (Å²) in [6.45, 7) is 8.01. The first-order valence-electron chi connectivity index (χ1n) is 8.26. The summed E-state index contributed by atoms with van der Waals surface area (Å²) in [5.41, 5.74) is 7.21. The molecule has 0 aliphatic carbocycles. The number of amides is 2. The predicted octanol–water partition coefficient (Wildman–Crippen LogP) is 3.90. The van der Waals surface area contributed by atoms with E-state index in [-0.39, 0.29) is 12.0 Å². The third-order valence-electron chi connectivity index (χ3n) is 3.81. The number of carbonyl (C=O) groups is 2. The first kappa shape index (κ1) is 20.0. The van der Waals surface area contributed by atoms with Crippen LogP contribution in [0.4, 0.5) is 0 Å². The molecule has 0 saturated carbocycles. The summed E-state index contributed by atoms with van der Waals surface area (Å²) in [6, 6.07) is 12.8. The fourth-order valence-electron chi connectivity index (χ4n) is 2.36. The maximum absolute atomic E-state index is 12.2. The second-order valence-corrected chi connectivity index (χ2v) is 7.86. The van der Waals surface area contributed by atoms with E-state index in [1.807, 2.05) is 31.2 Å². The largest absolute Gasteiger partial charge is 0.483 e. The van der Waals surface area contributed by atoms with Gasteiger partial charge in [0.15, 0.2) is 6.61 Å². The van der Waals surface area contributed by atoms with Crippen molar-refractivity contribution >= 4 is 27.7 Å². The van der Waals surface area contributed by atoms with Crippen LogP contribution in [0.2, 0.25) is 0 Å². The summed E-state index contributed by atoms with van der Waals surface area (Å²) < 4.78 is 6.29. The van der Waals surface area contributed by atoms with Gasteiger partial charge in [0.1, 0.15) is 5.75 Å². The zero-order chi connectivity index (χ0) is 19.3. The van der Waals surface area contributed by atoms with E-state index in [0.29, 0.717) is 11.3 Å². The van der Waals surface area contributed by atoms with E-state index in [2.05, 4.69) is 47.6 Å². The topological polar surface area (TPSA) is 67.4 Å². The van der Waals surface area contributed by atoms with Gasteiger partial charge in [0, 0.05) is 10.0 Å². The lowest BCUT2D eigenvalue weighted by atomic mass is 9.86. The van der Waals surface area contributed by atoms with Gasteiger partial charge in [-0.3, -0.25) is 20.4 Å². The Bertz CT molecular complexity index is 813. The fourth-order valence-corrected chi connectivity index (χ4v) is 3.33. The lowest BCUT2D eigenvalue weighted by molar-refractivity contribution is -0.123. The lowest BCUT2D eigenvalue weighted by Gasteiger charge is -2.21. The first-order chi connectivity index (χ1) is 12.2. The number of aryl methyl sites for hydroxylation is 1. The summed E-state index contributed by atoms with van der Waals surface area (Å²) in [6.07, 6.45) is 0. The van der Waals surface area contributed by atoms with Crippen LogP contribution in [0.3, 0.4) is 0 Å². The van der Waals surface area contributed by atoms with Crippen molar-refractivity contribution in [1.82, 2.24) is 10.9 Å². The van der Waals surface area contributed by atoms with Crippen LogP contribution in [0, 0.1) is 6.92 Å². The molecule has 0 aromatic heterocycles. The molecule has 0 bridgehead atoms. The number of carbonyl (C=O) groups excluding carboxylic acids is 2. The van der Waals surface area contributed by atoms with Crippen molar-refractivity contribution in [3.8, 4) is 5.75 Å². The minimum Gasteiger partial charge on any atom is -0.483 e. The van der Waals surface area contributed by atoms with Gasteiger partial charge >= 0.3 is 0 Å². The number of halogens is 1. The molecular weight excluding hydrogens is 396 g/mol. The minimum atomic E-state index is -0.438. The van der Waals surface area contributed by atoms with Crippen molar-refractivity contribution in [1.29, 1.82) is 0 Å². The highest BCUT2D eigenvalue weighted by Crippen LogP contribution is 2.30. The Morgan fingerprint density at radius 3 is 2.38 bits per heavy atom. The van der Waals surface area contributed by atoms with Crippen molar-refractivity contribution in [2.45, 2.75) is 33.1 Å². The molecule has 2 aromatic carbocycles. The minimum absolute atomic E-state index is 0.0328. The van der Waals surface area contributed by atoms with E-state index in [9.17, 15) is 9.59 Å².